The minimum absolute atomic E-state index is 0. The second kappa shape index (κ2) is 14.8. The van der Waals surface area contributed by atoms with Crippen molar-refractivity contribution in [2.75, 3.05) is 63.3 Å². The maximum atomic E-state index is 13.1. The molecule has 12 heteroatoms. The highest BCUT2D eigenvalue weighted by Gasteiger charge is 2.27. The summed E-state index contributed by atoms with van der Waals surface area (Å²) in [6, 6.07) is 5.56. The number of ketones is 1. The van der Waals surface area contributed by atoms with Gasteiger partial charge in [0.25, 0.3) is 0 Å². The quantitative estimate of drug-likeness (QED) is 0.422. The molecule has 0 radical (unpaired) electrons. The Morgan fingerprint density at radius 1 is 1.28 bits per heavy atom. The first-order chi connectivity index (χ1) is 16.6. The average molecular weight is 563 g/mol. The number of ether oxygens (including phenoxy) is 2. The summed E-state index contributed by atoms with van der Waals surface area (Å²) < 4.78 is 10.6. The standard InChI is InChI=1S/C24H32ClN5O4.2ClH/c1-33-22-5-4-17(13-20(22)25)14-26-23-19(21(32)6-8-29-9-11-34-12-10-29)15-27-24(28-23)30-7-2-3-18(30)16-31;;/h4-5,13,15,18,31H,2-3,6-12,14,16H2,1H3,(H,26,27,28);2*1H. The maximum Gasteiger partial charge on any atom is 0.227 e. The van der Waals surface area contributed by atoms with E-state index in [9.17, 15) is 9.90 Å². The second-order valence-corrected chi connectivity index (χ2v) is 8.96. The number of halogens is 3. The predicted octanol–water partition coefficient (Wildman–Crippen LogP) is 3.46. The lowest BCUT2D eigenvalue weighted by atomic mass is 10.1. The third kappa shape index (κ3) is 7.57. The topological polar surface area (TPSA) is 100 Å². The monoisotopic (exact) mass is 561 g/mol. The van der Waals surface area contributed by atoms with Gasteiger partial charge in [0.2, 0.25) is 5.95 Å². The van der Waals surface area contributed by atoms with E-state index in [1.54, 1.807) is 13.3 Å². The highest BCUT2D eigenvalue weighted by molar-refractivity contribution is 6.32. The number of nitrogens with zero attached hydrogens (tertiary/aromatic N) is 4. The Bertz CT molecular complexity index is 994. The van der Waals surface area contributed by atoms with Crippen LogP contribution in [0.25, 0.3) is 0 Å². The molecule has 0 aliphatic carbocycles. The third-order valence-corrected chi connectivity index (χ3v) is 6.65. The molecule has 0 bridgehead atoms. The van der Waals surface area contributed by atoms with Crippen LogP contribution in [0.1, 0.15) is 35.2 Å². The van der Waals surface area contributed by atoms with Crippen molar-refractivity contribution >= 4 is 54.0 Å². The van der Waals surface area contributed by atoms with Crippen LogP contribution in [0.5, 0.6) is 5.75 Å². The number of anilines is 2. The van der Waals surface area contributed by atoms with Gasteiger partial charge in [0.1, 0.15) is 11.6 Å². The summed E-state index contributed by atoms with van der Waals surface area (Å²) in [5, 5.41) is 13.6. The SMILES string of the molecule is COc1ccc(CNc2nc(N3CCCC3CO)ncc2C(=O)CCN2CCOCC2)cc1Cl.Cl.Cl. The van der Waals surface area contributed by atoms with Gasteiger partial charge in [0, 0.05) is 45.3 Å². The maximum absolute atomic E-state index is 13.1. The van der Waals surface area contributed by atoms with E-state index >= 15 is 0 Å². The zero-order valence-electron chi connectivity index (χ0n) is 20.3. The van der Waals surface area contributed by atoms with Gasteiger partial charge in [-0.2, -0.15) is 4.98 Å². The summed E-state index contributed by atoms with van der Waals surface area (Å²) in [5.41, 5.74) is 1.41. The molecule has 1 atom stereocenters. The van der Waals surface area contributed by atoms with Gasteiger partial charge in [-0.25, -0.2) is 4.98 Å². The minimum atomic E-state index is -0.00608. The smallest absolute Gasteiger partial charge is 0.227 e. The number of hydrogen-bond donors (Lipinski definition) is 2. The van der Waals surface area contributed by atoms with Crippen molar-refractivity contribution in [1.82, 2.24) is 14.9 Å². The van der Waals surface area contributed by atoms with E-state index in [-0.39, 0.29) is 43.2 Å². The van der Waals surface area contributed by atoms with Crippen LogP contribution in [0.4, 0.5) is 11.8 Å². The summed E-state index contributed by atoms with van der Waals surface area (Å²) in [4.78, 5) is 26.6. The van der Waals surface area contributed by atoms with Crippen LogP contribution >= 0.6 is 36.4 Å². The van der Waals surface area contributed by atoms with Crippen molar-refractivity contribution in [3.63, 3.8) is 0 Å². The van der Waals surface area contributed by atoms with Crippen molar-refractivity contribution in [2.45, 2.75) is 31.8 Å². The second-order valence-electron chi connectivity index (χ2n) is 8.55. The molecule has 4 rings (SSSR count). The fraction of sp³-hybridized carbons (Fsp3) is 0.542. The first kappa shape index (κ1) is 30.3. The number of carbonyl (C=O) groups is 1. The van der Waals surface area contributed by atoms with Gasteiger partial charge in [-0.05, 0) is 30.5 Å². The first-order valence-corrected chi connectivity index (χ1v) is 12.1. The number of benzene rings is 1. The Kier molecular flexibility index (Phi) is 12.4. The number of morpholine rings is 1. The summed E-state index contributed by atoms with van der Waals surface area (Å²) in [6.45, 7) is 5.02. The zero-order chi connectivity index (χ0) is 23.9. The van der Waals surface area contributed by atoms with Crippen molar-refractivity contribution in [1.29, 1.82) is 0 Å². The number of rotatable bonds is 10. The number of aromatic nitrogens is 2. The fourth-order valence-corrected chi connectivity index (χ4v) is 4.64. The lowest BCUT2D eigenvalue weighted by Crippen LogP contribution is -2.37. The molecule has 2 aliphatic heterocycles. The lowest BCUT2D eigenvalue weighted by molar-refractivity contribution is 0.0370. The molecule has 0 amide bonds. The van der Waals surface area contributed by atoms with Crippen molar-refractivity contribution in [3.05, 3.63) is 40.5 Å². The van der Waals surface area contributed by atoms with E-state index in [1.807, 2.05) is 23.1 Å². The number of carbonyl (C=O) groups excluding carboxylic acids is 1. The first-order valence-electron chi connectivity index (χ1n) is 11.7. The molecule has 3 heterocycles. The van der Waals surface area contributed by atoms with E-state index in [0.29, 0.717) is 60.8 Å². The van der Waals surface area contributed by atoms with Crippen LogP contribution in [0, 0.1) is 0 Å². The summed E-state index contributed by atoms with van der Waals surface area (Å²) in [5.74, 6) is 1.62. The average Bonchev–Trinajstić information content (AvgIpc) is 3.35. The summed E-state index contributed by atoms with van der Waals surface area (Å²) in [6.07, 6.45) is 3.87. The number of nitrogens with one attached hydrogen (secondary N) is 1. The van der Waals surface area contributed by atoms with Crippen LogP contribution in [0.3, 0.4) is 0 Å². The highest BCUT2D eigenvalue weighted by atomic mass is 35.5. The molecule has 2 N–H and O–H groups in total. The van der Waals surface area contributed by atoms with E-state index in [2.05, 4.69) is 15.2 Å². The molecule has 36 heavy (non-hydrogen) atoms. The Hall–Kier alpha value is -1.88. The number of methoxy groups -OCH3 is 1. The molecule has 0 spiro atoms. The molecule has 2 aromatic rings. The number of aliphatic hydroxyl groups is 1. The molecular formula is C24H34Cl3N5O4. The van der Waals surface area contributed by atoms with E-state index in [1.165, 1.54) is 0 Å². The van der Waals surface area contributed by atoms with Crippen LogP contribution < -0.4 is 15.0 Å². The molecule has 1 aromatic carbocycles. The van der Waals surface area contributed by atoms with Crippen LogP contribution in [0.15, 0.2) is 24.4 Å². The molecule has 2 fully saturated rings. The van der Waals surface area contributed by atoms with Gasteiger partial charge in [0.15, 0.2) is 5.78 Å². The third-order valence-electron chi connectivity index (χ3n) is 6.36. The van der Waals surface area contributed by atoms with Crippen LogP contribution in [0.2, 0.25) is 5.02 Å². The van der Waals surface area contributed by atoms with Gasteiger partial charge >= 0.3 is 0 Å². The van der Waals surface area contributed by atoms with Crippen molar-refractivity contribution in [3.8, 4) is 5.75 Å². The summed E-state index contributed by atoms with van der Waals surface area (Å²) in [7, 11) is 1.58. The molecule has 2 aliphatic rings. The van der Waals surface area contributed by atoms with Gasteiger partial charge in [-0.15, -0.1) is 24.8 Å². The molecule has 9 nitrogen and oxygen atoms in total. The molecule has 1 unspecified atom stereocenters. The molecule has 0 saturated carbocycles. The van der Waals surface area contributed by atoms with Gasteiger partial charge in [-0.3, -0.25) is 9.69 Å². The number of aliphatic hydroxyl groups excluding tert-OH is 1. The molecule has 2 saturated heterocycles. The molecule has 1 aromatic heterocycles. The fourth-order valence-electron chi connectivity index (χ4n) is 4.36. The highest BCUT2D eigenvalue weighted by Crippen LogP contribution is 2.27. The van der Waals surface area contributed by atoms with Gasteiger partial charge < -0.3 is 24.8 Å². The Labute approximate surface area is 229 Å². The Balaban J connectivity index is 0.00000228. The zero-order valence-corrected chi connectivity index (χ0v) is 22.7. The van der Waals surface area contributed by atoms with E-state index in [0.717, 1.165) is 38.0 Å². The normalized spacial score (nSPS) is 17.8. The van der Waals surface area contributed by atoms with E-state index in [4.69, 9.17) is 26.1 Å². The summed E-state index contributed by atoms with van der Waals surface area (Å²) >= 11 is 6.27. The van der Waals surface area contributed by atoms with Gasteiger partial charge in [-0.1, -0.05) is 17.7 Å². The van der Waals surface area contributed by atoms with Crippen LogP contribution in [-0.2, 0) is 11.3 Å². The minimum Gasteiger partial charge on any atom is -0.495 e. The molecular weight excluding hydrogens is 529 g/mol. The van der Waals surface area contributed by atoms with Gasteiger partial charge in [0.05, 0.1) is 43.6 Å². The van der Waals surface area contributed by atoms with Crippen molar-refractivity contribution in [2.24, 2.45) is 0 Å². The van der Waals surface area contributed by atoms with Crippen LogP contribution in [-0.4, -0.2) is 84.9 Å². The predicted molar refractivity (Wildman–Crippen MR) is 146 cm³/mol. The Morgan fingerprint density at radius 2 is 2.06 bits per heavy atom. The lowest BCUT2D eigenvalue weighted by Gasteiger charge is -2.26. The number of hydrogen-bond acceptors (Lipinski definition) is 9. The molecule has 200 valence electrons. The number of Topliss-reactive ketones (excluding diaryl/α,β-unsaturated/α-hetero) is 1. The van der Waals surface area contributed by atoms with Crippen molar-refractivity contribution < 1.29 is 19.4 Å². The van der Waals surface area contributed by atoms with E-state index < -0.39 is 0 Å². The Morgan fingerprint density at radius 3 is 2.75 bits per heavy atom. The largest absolute Gasteiger partial charge is 0.495 e.